The van der Waals surface area contributed by atoms with Gasteiger partial charge in [-0.25, -0.2) is 4.98 Å². The van der Waals surface area contributed by atoms with Crippen molar-refractivity contribution in [1.82, 2.24) is 4.98 Å². The molecule has 0 aliphatic rings. The highest BCUT2D eigenvalue weighted by atomic mass is 35.5. The van der Waals surface area contributed by atoms with Crippen molar-refractivity contribution in [3.8, 4) is 22.1 Å². The van der Waals surface area contributed by atoms with Crippen LogP contribution < -0.4 is 9.47 Å². The minimum absolute atomic E-state index is 0.162. The van der Waals surface area contributed by atoms with E-state index in [9.17, 15) is 4.79 Å². The molecule has 28 heavy (non-hydrogen) atoms. The number of aryl methyl sites for hydroxylation is 1. The standard InChI is InChI=1S/C21H20ClNO4S/c1-25-18-9-3-14(11-19(18)26-2)4-10-20(24)27-12-17-13-28-21(23-17)15-5-7-16(22)8-6-15/h3,5-9,11,13H,4,10,12H2,1-2H3. The summed E-state index contributed by atoms with van der Waals surface area (Å²) in [6.45, 7) is 0.162. The molecule has 2 aromatic carbocycles. The Morgan fingerprint density at radius 2 is 1.82 bits per heavy atom. The van der Waals surface area contributed by atoms with Gasteiger partial charge in [-0.1, -0.05) is 29.8 Å². The van der Waals surface area contributed by atoms with Crippen LogP contribution in [-0.2, 0) is 22.6 Å². The van der Waals surface area contributed by atoms with Crippen molar-refractivity contribution in [2.75, 3.05) is 14.2 Å². The summed E-state index contributed by atoms with van der Waals surface area (Å²) in [6, 6.07) is 13.1. The van der Waals surface area contributed by atoms with Crippen LogP contribution in [0.2, 0.25) is 5.02 Å². The lowest BCUT2D eigenvalue weighted by Crippen LogP contribution is -2.06. The number of thiazole rings is 1. The van der Waals surface area contributed by atoms with E-state index in [1.54, 1.807) is 14.2 Å². The van der Waals surface area contributed by atoms with Gasteiger partial charge in [0.15, 0.2) is 11.5 Å². The van der Waals surface area contributed by atoms with E-state index in [-0.39, 0.29) is 19.0 Å². The fraction of sp³-hybridized carbons (Fsp3) is 0.238. The Morgan fingerprint density at radius 3 is 2.54 bits per heavy atom. The summed E-state index contributed by atoms with van der Waals surface area (Å²) < 4.78 is 15.8. The monoisotopic (exact) mass is 417 g/mol. The Hall–Kier alpha value is -2.57. The van der Waals surface area contributed by atoms with Crippen molar-refractivity contribution in [3.63, 3.8) is 0 Å². The second-order valence-corrected chi connectivity index (χ2v) is 7.30. The van der Waals surface area contributed by atoms with Crippen molar-refractivity contribution < 1.29 is 19.0 Å². The van der Waals surface area contributed by atoms with E-state index in [1.807, 2.05) is 47.8 Å². The van der Waals surface area contributed by atoms with E-state index in [4.69, 9.17) is 25.8 Å². The molecule has 0 atom stereocenters. The molecule has 0 aliphatic carbocycles. The van der Waals surface area contributed by atoms with E-state index in [1.165, 1.54) is 11.3 Å². The second kappa shape index (κ2) is 9.57. The summed E-state index contributed by atoms with van der Waals surface area (Å²) in [5, 5.41) is 3.45. The van der Waals surface area contributed by atoms with E-state index in [0.29, 0.717) is 22.9 Å². The number of halogens is 1. The van der Waals surface area contributed by atoms with Gasteiger partial charge in [-0.15, -0.1) is 11.3 Å². The number of nitrogens with zero attached hydrogens (tertiary/aromatic N) is 1. The highest BCUT2D eigenvalue weighted by Crippen LogP contribution is 2.28. The maximum atomic E-state index is 12.1. The van der Waals surface area contributed by atoms with Gasteiger partial charge in [0.05, 0.1) is 19.9 Å². The largest absolute Gasteiger partial charge is 0.493 e. The predicted molar refractivity (Wildman–Crippen MR) is 110 cm³/mol. The molecule has 0 saturated carbocycles. The topological polar surface area (TPSA) is 57.7 Å². The first kappa shape index (κ1) is 20.2. The fourth-order valence-corrected chi connectivity index (χ4v) is 3.54. The third-order valence-electron chi connectivity index (χ3n) is 4.09. The summed E-state index contributed by atoms with van der Waals surface area (Å²) in [5.74, 6) is 1.04. The van der Waals surface area contributed by atoms with Crippen LogP contribution in [0.3, 0.4) is 0 Å². The number of rotatable bonds is 8. The molecule has 5 nitrogen and oxygen atoms in total. The van der Waals surface area contributed by atoms with Crippen LogP contribution in [-0.4, -0.2) is 25.2 Å². The molecule has 0 aliphatic heterocycles. The van der Waals surface area contributed by atoms with Gasteiger partial charge in [0.2, 0.25) is 0 Å². The van der Waals surface area contributed by atoms with Crippen LogP contribution in [0.1, 0.15) is 17.7 Å². The Labute approximate surface area is 172 Å². The highest BCUT2D eigenvalue weighted by molar-refractivity contribution is 7.13. The normalized spacial score (nSPS) is 10.5. The molecule has 0 N–H and O–H groups in total. The zero-order valence-corrected chi connectivity index (χ0v) is 17.2. The number of hydrogen-bond donors (Lipinski definition) is 0. The molecule has 1 aromatic heterocycles. The fourth-order valence-electron chi connectivity index (χ4n) is 2.61. The van der Waals surface area contributed by atoms with E-state index in [0.717, 1.165) is 21.8 Å². The maximum Gasteiger partial charge on any atom is 0.306 e. The number of benzene rings is 2. The second-order valence-electron chi connectivity index (χ2n) is 6.00. The molecule has 3 rings (SSSR count). The molecule has 146 valence electrons. The Kier molecular flexibility index (Phi) is 6.90. The molecule has 0 spiro atoms. The minimum atomic E-state index is -0.268. The van der Waals surface area contributed by atoms with Crippen LogP contribution in [0.25, 0.3) is 10.6 Å². The molecule has 0 bridgehead atoms. The molecule has 0 unspecified atom stereocenters. The zero-order valence-electron chi connectivity index (χ0n) is 15.6. The van der Waals surface area contributed by atoms with Crippen molar-refractivity contribution >= 4 is 28.9 Å². The Balaban J connectivity index is 1.50. The lowest BCUT2D eigenvalue weighted by Gasteiger charge is -2.09. The van der Waals surface area contributed by atoms with Crippen LogP contribution in [0.15, 0.2) is 47.8 Å². The zero-order chi connectivity index (χ0) is 19.9. The van der Waals surface area contributed by atoms with Gasteiger partial charge in [0, 0.05) is 22.4 Å². The molecule has 0 radical (unpaired) electrons. The molecule has 1 heterocycles. The quantitative estimate of drug-likeness (QED) is 0.474. The maximum absolute atomic E-state index is 12.1. The predicted octanol–water partition coefficient (Wildman–Crippen LogP) is 5.16. The molecular formula is C21H20ClNO4S. The minimum Gasteiger partial charge on any atom is -0.493 e. The summed E-state index contributed by atoms with van der Waals surface area (Å²) in [6.07, 6.45) is 0.843. The van der Waals surface area contributed by atoms with E-state index in [2.05, 4.69) is 4.98 Å². The highest BCUT2D eigenvalue weighted by Gasteiger charge is 2.10. The number of aromatic nitrogens is 1. The third kappa shape index (κ3) is 5.24. The number of esters is 1. The van der Waals surface area contributed by atoms with Crippen LogP contribution >= 0.6 is 22.9 Å². The number of carbonyl (C=O) groups is 1. The van der Waals surface area contributed by atoms with Gasteiger partial charge in [0.1, 0.15) is 11.6 Å². The van der Waals surface area contributed by atoms with Crippen LogP contribution in [0, 0.1) is 0 Å². The molecular weight excluding hydrogens is 398 g/mol. The van der Waals surface area contributed by atoms with Crippen molar-refractivity contribution in [2.24, 2.45) is 0 Å². The first-order chi connectivity index (χ1) is 13.6. The van der Waals surface area contributed by atoms with Gasteiger partial charge >= 0.3 is 5.97 Å². The van der Waals surface area contributed by atoms with Crippen LogP contribution in [0.5, 0.6) is 11.5 Å². The van der Waals surface area contributed by atoms with Gasteiger partial charge in [-0.3, -0.25) is 4.79 Å². The van der Waals surface area contributed by atoms with Crippen molar-refractivity contribution in [1.29, 1.82) is 0 Å². The van der Waals surface area contributed by atoms with Crippen molar-refractivity contribution in [2.45, 2.75) is 19.4 Å². The number of methoxy groups -OCH3 is 2. The SMILES string of the molecule is COc1ccc(CCC(=O)OCc2csc(-c3ccc(Cl)cc3)n2)cc1OC. The Bertz CT molecular complexity index is 940. The molecule has 0 amide bonds. The first-order valence-electron chi connectivity index (χ1n) is 8.66. The van der Waals surface area contributed by atoms with E-state index < -0.39 is 0 Å². The molecule has 0 fully saturated rings. The summed E-state index contributed by atoms with van der Waals surface area (Å²) in [7, 11) is 3.17. The molecule has 0 saturated heterocycles. The third-order valence-corrected chi connectivity index (χ3v) is 5.28. The Morgan fingerprint density at radius 1 is 1.07 bits per heavy atom. The lowest BCUT2D eigenvalue weighted by atomic mass is 10.1. The van der Waals surface area contributed by atoms with Gasteiger partial charge in [-0.2, -0.15) is 0 Å². The average molecular weight is 418 g/mol. The first-order valence-corrected chi connectivity index (χ1v) is 9.91. The summed E-state index contributed by atoms with van der Waals surface area (Å²) in [5.41, 5.74) is 2.70. The van der Waals surface area contributed by atoms with Crippen LogP contribution in [0.4, 0.5) is 0 Å². The number of hydrogen-bond acceptors (Lipinski definition) is 6. The van der Waals surface area contributed by atoms with Gasteiger partial charge in [-0.05, 0) is 36.2 Å². The summed E-state index contributed by atoms with van der Waals surface area (Å²) in [4.78, 5) is 16.6. The van der Waals surface area contributed by atoms with Gasteiger partial charge < -0.3 is 14.2 Å². The van der Waals surface area contributed by atoms with Crippen molar-refractivity contribution in [3.05, 3.63) is 64.1 Å². The lowest BCUT2D eigenvalue weighted by molar-refractivity contribution is -0.145. The number of ether oxygens (including phenoxy) is 3. The molecule has 7 heteroatoms. The number of carbonyl (C=O) groups excluding carboxylic acids is 1. The van der Waals surface area contributed by atoms with Gasteiger partial charge in [0.25, 0.3) is 0 Å². The van der Waals surface area contributed by atoms with E-state index >= 15 is 0 Å². The average Bonchev–Trinajstić information content (AvgIpc) is 3.20. The smallest absolute Gasteiger partial charge is 0.306 e. The summed E-state index contributed by atoms with van der Waals surface area (Å²) >= 11 is 7.41. The molecule has 3 aromatic rings.